The van der Waals surface area contributed by atoms with Crippen LogP contribution < -0.4 is 10.5 Å². The smallest absolute Gasteiger partial charge is 0.126 e. The lowest BCUT2D eigenvalue weighted by Crippen LogP contribution is -2.39. The summed E-state index contributed by atoms with van der Waals surface area (Å²) < 4.78 is 18.4. The number of hydrogen-bond acceptors (Lipinski definition) is 3. The van der Waals surface area contributed by atoms with Gasteiger partial charge in [0, 0.05) is 6.54 Å². The predicted molar refractivity (Wildman–Crippen MR) is 54.2 cm³/mol. The molecule has 2 atom stereocenters. The number of benzene rings is 1. The van der Waals surface area contributed by atoms with Crippen molar-refractivity contribution < 1.29 is 14.2 Å². The van der Waals surface area contributed by atoms with Crippen LogP contribution in [-0.4, -0.2) is 23.9 Å². The SMILES string of the molecule is NCC(O)C1CCc2cc(F)ccc2O1. The number of aliphatic hydroxyl groups is 1. The normalized spacial score (nSPS) is 21.7. The number of aliphatic hydroxyl groups excluding tert-OH is 1. The topological polar surface area (TPSA) is 55.5 Å². The van der Waals surface area contributed by atoms with Gasteiger partial charge in [-0.3, -0.25) is 0 Å². The fourth-order valence-corrected chi connectivity index (χ4v) is 1.80. The van der Waals surface area contributed by atoms with E-state index in [2.05, 4.69) is 0 Å². The first-order valence-electron chi connectivity index (χ1n) is 5.04. The summed E-state index contributed by atoms with van der Waals surface area (Å²) in [5, 5.41) is 9.54. The van der Waals surface area contributed by atoms with Crippen LogP contribution in [0.3, 0.4) is 0 Å². The summed E-state index contributed by atoms with van der Waals surface area (Å²) in [5.74, 6) is 0.398. The van der Waals surface area contributed by atoms with Crippen molar-refractivity contribution in [2.24, 2.45) is 5.73 Å². The summed E-state index contributed by atoms with van der Waals surface area (Å²) in [6.45, 7) is 0.182. The second-order valence-corrected chi connectivity index (χ2v) is 3.75. The third kappa shape index (κ3) is 2.11. The molecule has 0 radical (unpaired) electrons. The highest BCUT2D eigenvalue weighted by atomic mass is 19.1. The maximum atomic E-state index is 12.9. The van der Waals surface area contributed by atoms with Crippen LogP contribution in [0.4, 0.5) is 4.39 Å². The standard InChI is InChI=1S/C11H14FNO2/c12-8-2-4-10-7(5-8)1-3-11(15-10)9(14)6-13/h2,4-5,9,11,14H,1,3,6,13H2. The summed E-state index contributed by atoms with van der Waals surface area (Å²) in [6, 6.07) is 4.43. The van der Waals surface area contributed by atoms with Gasteiger partial charge in [0.2, 0.25) is 0 Å². The van der Waals surface area contributed by atoms with Crippen molar-refractivity contribution in [1.82, 2.24) is 0 Å². The molecule has 2 rings (SSSR count). The van der Waals surface area contributed by atoms with E-state index in [1.54, 1.807) is 6.07 Å². The highest BCUT2D eigenvalue weighted by molar-refractivity contribution is 5.35. The molecule has 4 heteroatoms. The first-order chi connectivity index (χ1) is 7.20. The minimum Gasteiger partial charge on any atom is -0.487 e. The second-order valence-electron chi connectivity index (χ2n) is 3.75. The monoisotopic (exact) mass is 211 g/mol. The van der Waals surface area contributed by atoms with Crippen LogP contribution in [0.5, 0.6) is 5.75 Å². The van der Waals surface area contributed by atoms with Crippen molar-refractivity contribution in [3.8, 4) is 5.75 Å². The Morgan fingerprint density at radius 2 is 2.40 bits per heavy atom. The first-order valence-corrected chi connectivity index (χ1v) is 5.04. The molecular weight excluding hydrogens is 197 g/mol. The highest BCUT2D eigenvalue weighted by Gasteiger charge is 2.25. The number of ether oxygens (including phenoxy) is 1. The molecule has 0 saturated heterocycles. The summed E-state index contributed by atoms with van der Waals surface area (Å²) >= 11 is 0. The van der Waals surface area contributed by atoms with Gasteiger partial charge in [0.25, 0.3) is 0 Å². The zero-order chi connectivity index (χ0) is 10.8. The van der Waals surface area contributed by atoms with E-state index in [1.807, 2.05) is 0 Å². The van der Waals surface area contributed by atoms with Crippen LogP contribution in [0, 0.1) is 5.82 Å². The average Bonchev–Trinajstić information content (AvgIpc) is 2.27. The number of aryl methyl sites for hydroxylation is 1. The van der Waals surface area contributed by atoms with Crippen molar-refractivity contribution in [3.63, 3.8) is 0 Å². The molecule has 82 valence electrons. The van der Waals surface area contributed by atoms with Crippen LogP contribution >= 0.6 is 0 Å². The van der Waals surface area contributed by atoms with Crippen molar-refractivity contribution in [3.05, 3.63) is 29.6 Å². The number of fused-ring (bicyclic) bond motifs is 1. The van der Waals surface area contributed by atoms with Gasteiger partial charge in [-0.05, 0) is 36.6 Å². The summed E-state index contributed by atoms with van der Waals surface area (Å²) in [4.78, 5) is 0. The molecule has 0 fully saturated rings. The Hall–Kier alpha value is -1.13. The molecule has 1 aliphatic heterocycles. The molecule has 3 N–H and O–H groups in total. The van der Waals surface area contributed by atoms with Gasteiger partial charge in [-0.1, -0.05) is 0 Å². The molecule has 0 aliphatic carbocycles. The molecule has 1 aliphatic rings. The quantitative estimate of drug-likeness (QED) is 0.762. The molecule has 3 nitrogen and oxygen atoms in total. The molecule has 0 bridgehead atoms. The minimum atomic E-state index is -0.650. The predicted octanol–water partition coefficient (Wildman–Crippen LogP) is 0.839. The van der Waals surface area contributed by atoms with E-state index in [9.17, 15) is 9.50 Å². The summed E-state index contributed by atoms with van der Waals surface area (Å²) in [7, 11) is 0. The maximum absolute atomic E-state index is 12.9. The van der Waals surface area contributed by atoms with Gasteiger partial charge in [-0.2, -0.15) is 0 Å². The molecule has 2 unspecified atom stereocenters. The van der Waals surface area contributed by atoms with Gasteiger partial charge in [0.05, 0.1) is 0 Å². The number of halogens is 1. The average molecular weight is 211 g/mol. The molecule has 0 amide bonds. The van der Waals surface area contributed by atoms with Crippen molar-refractivity contribution in [2.75, 3.05) is 6.54 Å². The molecule has 1 aromatic carbocycles. The Kier molecular flexibility index (Phi) is 2.88. The van der Waals surface area contributed by atoms with Crippen LogP contribution in [0.1, 0.15) is 12.0 Å². The van der Waals surface area contributed by atoms with E-state index < -0.39 is 6.10 Å². The molecule has 1 aromatic rings. The fourth-order valence-electron chi connectivity index (χ4n) is 1.80. The highest BCUT2D eigenvalue weighted by Crippen LogP contribution is 2.29. The van der Waals surface area contributed by atoms with Crippen molar-refractivity contribution in [2.45, 2.75) is 25.0 Å². The zero-order valence-electron chi connectivity index (χ0n) is 8.32. The Balaban J connectivity index is 2.16. The van der Waals surface area contributed by atoms with Gasteiger partial charge < -0.3 is 15.6 Å². The lowest BCUT2D eigenvalue weighted by Gasteiger charge is -2.28. The number of hydrogen-bond donors (Lipinski definition) is 2. The van der Waals surface area contributed by atoms with Gasteiger partial charge >= 0.3 is 0 Å². The fraction of sp³-hybridized carbons (Fsp3) is 0.455. The van der Waals surface area contributed by atoms with Gasteiger partial charge in [0.15, 0.2) is 0 Å². The van der Waals surface area contributed by atoms with Gasteiger partial charge in [-0.15, -0.1) is 0 Å². The van der Waals surface area contributed by atoms with Gasteiger partial charge in [-0.25, -0.2) is 4.39 Å². The van der Waals surface area contributed by atoms with E-state index in [-0.39, 0.29) is 18.5 Å². The molecule has 15 heavy (non-hydrogen) atoms. The third-order valence-electron chi connectivity index (χ3n) is 2.67. The van der Waals surface area contributed by atoms with Crippen molar-refractivity contribution in [1.29, 1.82) is 0 Å². The lowest BCUT2D eigenvalue weighted by molar-refractivity contribution is 0.0296. The summed E-state index contributed by atoms with van der Waals surface area (Å²) in [5.41, 5.74) is 6.21. The van der Waals surface area contributed by atoms with Crippen LogP contribution in [0.25, 0.3) is 0 Å². The van der Waals surface area contributed by atoms with Crippen molar-refractivity contribution >= 4 is 0 Å². The molecule has 0 saturated carbocycles. The zero-order valence-corrected chi connectivity index (χ0v) is 8.32. The second kappa shape index (κ2) is 4.16. The molecule has 0 aromatic heterocycles. The summed E-state index contributed by atoms with van der Waals surface area (Å²) in [6.07, 6.45) is 0.472. The van der Waals surface area contributed by atoms with Crippen LogP contribution in [-0.2, 0) is 6.42 Å². The number of nitrogens with two attached hydrogens (primary N) is 1. The Morgan fingerprint density at radius 1 is 1.60 bits per heavy atom. The maximum Gasteiger partial charge on any atom is 0.126 e. The molecule has 1 heterocycles. The van der Waals surface area contributed by atoms with E-state index in [1.165, 1.54) is 12.1 Å². The van der Waals surface area contributed by atoms with Crippen LogP contribution in [0.2, 0.25) is 0 Å². The molecule has 0 spiro atoms. The largest absolute Gasteiger partial charge is 0.487 e. The lowest BCUT2D eigenvalue weighted by atomic mass is 9.99. The van der Waals surface area contributed by atoms with Crippen LogP contribution in [0.15, 0.2) is 18.2 Å². The van der Waals surface area contributed by atoms with E-state index in [0.717, 1.165) is 12.0 Å². The van der Waals surface area contributed by atoms with Gasteiger partial charge in [0.1, 0.15) is 23.8 Å². The Labute approximate surface area is 87.7 Å². The Bertz CT molecular complexity index is 356. The minimum absolute atomic E-state index is 0.182. The number of rotatable bonds is 2. The third-order valence-corrected chi connectivity index (χ3v) is 2.67. The van der Waals surface area contributed by atoms with E-state index in [0.29, 0.717) is 12.2 Å². The van der Waals surface area contributed by atoms with E-state index >= 15 is 0 Å². The molecular formula is C11H14FNO2. The van der Waals surface area contributed by atoms with E-state index in [4.69, 9.17) is 10.5 Å². The Morgan fingerprint density at radius 3 is 3.13 bits per heavy atom. The first kappa shape index (κ1) is 10.4.